The summed E-state index contributed by atoms with van der Waals surface area (Å²) in [5, 5.41) is 10.6. The second-order valence-electron chi connectivity index (χ2n) is 26.2. The lowest BCUT2D eigenvalue weighted by Crippen LogP contribution is -2.30. The van der Waals surface area contributed by atoms with Crippen molar-refractivity contribution in [1.29, 1.82) is 0 Å². The number of hydrogen-bond acceptors (Lipinski definition) is 15. The molecular weight excluding hydrogens is 1150 g/mol. The number of carbonyl (C=O) groups excluding carboxylic acids is 4. The van der Waals surface area contributed by atoms with Crippen LogP contribution in [0.25, 0.3) is 0 Å². The quantitative estimate of drug-likeness (QED) is 0.0222. The Morgan fingerprint density at radius 1 is 0.322 bits per heavy atom. The van der Waals surface area contributed by atoms with E-state index >= 15 is 0 Å². The van der Waals surface area contributed by atoms with Crippen LogP contribution in [-0.2, 0) is 65.4 Å². The van der Waals surface area contributed by atoms with Crippen molar-refractivity contribution in [2.24, 2.45) is 23.7 Å². The zero-order chi connectivity index (χ0) is 64.7. The van der Waals surface area contributed by atoms with Crippen molar-refractivity contribution in [3.8, 4) is 0 Å². The first-order valence-electron chi connectivity index (χ1n) is 35.2. The highest BCUT2D eigenvalue weighted by atomic mass is 31.2. The van der Waals surface area contributed by atoms with Crippen molar-refractivity contribution < 1.29 is 80.2 Å². The number of carbonyl (C=O) groups is 4. The predicted octanol–water partition coefficient (Wildman–Crippen LogP) is 18.9. The molecule has 0 aromatic carbocycles. The Labute approximate surface area is 530 Å². The van der Waals surface area contributed by atoms with Gasteiger partial charge in [-0.15, -0.1) is 0 Å². The summed E-state index contributed by atoms with van der Waals surface area (Å²) in [5.74, 6) is 0.840. The van der Waals surface area contributed by atoms with E-state index < -0.39 is 97.5 Å². The molecule has 0 aliphatic rings. The van der Waals surface area contributed by atoms with Crippen molar-refractivity contribution in [2.75, 3.05) is 39.6 Å². The van der Waals surface area contributed by atoms with Crippen molar-refractivity contribution >= 4 is 39.5 Å². The van der Waals surface area contributed by atoms with Crippen molar-refractivity contribution in [2.45, 2.75) is 350 Å². The Bertz CT molecular complexity index is 1730. The molecule has 0 aliphatic carbocycles. The van der Waals surface area contributed by atoms with Crippen LogP contribution in [0.1, 0.15) is 331 Å². The maximum Gasteiger partial charge on any atom is 0.472 e. The minimum absolute atomic E-state index is 0.103. The minimum atomic E-state index is -4.95. The third-order valence-corrected chi connectivity index (χ3v) is 17.8. The lowest BCUT2D eigenvalue weighted by Gasteiger charge is -2.21. The SMILES string of the molecule is CCC(C)CCCCCCCCCCC(=O)OC[C@H](COP(=O)(O)OCC(O)COP(=O)(O)OC[C@@H](COC(=O)CCCCCCCCCCC(C)C)OC(=O)CCCCCCCCCCCCC(C)C)OC(=O)CCCCCCCCCCC(C)C. The molecule has 516 valence electrons. The van der Waals surface area contributed by atoms with E-state index in [4.69, 9.17) is 37.0 Å². The molecule has 0 heterocycles. The fourth-order valence-electron chi connectivity index (χ4n) is 10.1. The number of phosphoric ester groups is 2. The molecule has 0 saturated heterocycles. The van der Waals surface area contributed by atoms with Gasteiger partial charge in [-0.3, -0.25) is 37.3 Å². The number of aliphatic hydroxyl groups is 1. The van der Waals surface area contributed by atoms with Gasteiger partial charge < -0.3 is 33.8 Å². The van der Waals surface area contributed by atoms with E-state index in [1.54, 1.807) is 0 Å². The Balaban J connectivity index is 5.27. The largest absolute Gasteiger partial charge is 0.472 e. The first kappa shape index (κ1) is 85.1. The van der Waals surface area contributed by atoms with Gasteiger partial charge in [0.25, 0.3) is 0 Å². The number of esters is 4. The summed E-state index contributed by atoms with van der Waals surface area (Å²) in [5.41, 5.74) is 0. The topological polar surface area (TPSA) is 237 Å². The molecule has 0 aliphatic heterocycles. The average molecular weight is 1280 g/mol. The third kappa shape index (κ3) is 61.3. The van der Waals surface area contributed by atoms with Crippen LogP contribution in [-0.4, -0.2) is 96.7 Å². The number of hydrogen-bond donors (Lipinski definition) is 3. The third-order valence-electron chi connectivity index (χ3n) is 15.9. The lowest BCUT2D eigenvalue weighted by molar-refractivity contribution is -0.161. The molecule has 4 unspecified atom stereocenters. The molecule has 3 N–H and O–H groups in total. The van der Waals surface area contributed by atoms with E-state index in [-0.39, 0.29) is 25.7 Å². The first-order valence-corrected chi connectivity index (χ1v) is 38.2. The Hall–Kier alpha value is -1.94. The smallest absolute Gasteiger partial charge is 0.462 e. The standard InChI is InChI=1S/C68H132O17P2/c1-9-61(8)47-39-31-23-16-19-25-33-41-49-66(71)79-55-64(85-68(73)51-43-35-27-18-15-22-30-38-46-60(6)7)57-83-87(76,77)81-53-62(69)52-80-86(74,75)82-56-63(54-78-65(70)48-40-32-24-17-14-21-29-37-45-59(4)5)84-67(72)50-42-34-26-13-11-10-12-20-28-36-44-58(2)3/h58-64,69H,9-57H2,1-8H3,(H,74,75)(H,76,77)/t61?,62?,63-,64-/m1/s1. The molecule has 0 amide bonds. The summed E-state index contributed by atoms with van der Waals surface area (Å²) in [6.45, 7) is 14.0. The molecule has 0 aromatic heterocycles. The highest BCUT2D eigenvalue weighted by molar-refractivity contribution is 7.47. The molecule has 87 heavy (non-hydrogen) atoms. The van der Waals surface area contributed by atoms with Gasteiger partial charge in [0, 0.05) is 25.7 Å². The monoisotopic (exact) mass is 1280 g/mol. The first-order chi connectivity index (χ1) is 41.6. The summed E-state index contributed by atoms with van der Waals surface area (Å²) in [6.07, 6.45) is 38.9. The lowest BCUT2D eigenvalue weighted by atomic mass is 9.99. The van der Waals surface area contributed by atoms with E-state index in [0.29, 0.717) is 25.7 Å². The predicted molar refractivity (Wildman–Crippen MR) is 349 cm³/mol. The van der Waals surface area contributed by atoms with Crippen LogP contribution in [0.3, 0.4) is 0 Å². The Kier molecular flexibility index (Phi) is 56.6. The molecule has 0 aromatic rings. The number of unbranched alkanes of at least 4 members (excludes halogenated alkanes) is 30. The van der Waals surface area contributed by atoms with Gasteiger partial charge >= 0.3 is 39.5 Å². The highest BCUT2D eigenvalue weighted by Gasteiger charge is 2.30. The summed E-state index contributed by atoms with van der Waals surface area (Å²) in [6, 6.07) is 0. The fraction of sp³-hybridized carbons (Fsp3) is 0.941. The van der Waals surface area contributed by atoms with Gasteiger partial charge in [-0.25, -0.2) is 9.13 Å². The Morgan fingerprint density at radius 3 is 0.816 bits per heavy atom. The zero-order valence-electron chi connectivity index (χ0n) is 56.6. The molecule has 17 nitrogen and oxygen atoms in total. The van der Waals surface area contributed by atoms with E-state index in [2.05, 4.69) is 55.4 Å². The summed E-state index contributed by atoms with van der Waals surface area (Å²) >= 11 is 0. The second-order valence-corrected chi connectivity index (χ2v) is 29.1. The van der Waals surface area contributed by atoms with Gasteiger partial charge in [0.2, 0.25) is 0 Å². The van der Waals surface area contributed by atoms with E-state index in [1.165, 1.54) is 135 Å². The number of rotatable bonds is 65. The Morgan fingerprint density at radius 2 is 0.552 bits per heavy atom. The van der Waals surface area contributed by atoms with Crippen LogP contribution < -0.4 is 0 Å². The number of ether oxygens (including phenoxy) is 4. The van der Waals surface area contributed by atoms with Crippen LogP contribution in [0.5, 0.6) is 0 Å². The normalized spacial score (nSPS) is 14.6. The average Bonchev–Trinajstić information content (AvgIpc) is 3.69. The van der Waals surface area contributed by atoms with Crippen LogP contribution in [0.2, 0.25) is 0 Å². The molecule has 0 radical (unpaired) electrons. The van der Waals surface area contributed by atoms with E-state index in [0.717, 1.165) is 114 Å². The number of phosphoric acid groups is 2. The molecule has 0 saturated carbocycles. The maximum absolute atomic E-state index is 13.0. The van der Waals surface area contributed by atoms with Gasteiger partial charge in [0.05, 0.1) is 26.4 Å². The summed E-state index contributed by atoms with van der Waals surface area (Å²) in [4.78, 5) is 72.4. The van der Waals surface area contributed by atoms with Gasteiger partial charge in [-0.2, -0.15) is 0 Å². The zero-order valence-corrected chi connectivity index (χ0v) is 58.4. The maximum atomic E-state index is 13.0. The molecule has 19 heteroatoms. The second kappa shape index (κ2) is 57.9. The fourth-order valence-corrected chi connectivity index (χ4v) is 11.7. The molecule has 0 spiro atoms. The van der Waals surface area contributed by atoms with Gasteiger partial charge in [-0.05, 0) is 49.4 Å². The highest BCUT2D eigenvalue weighted by Crippen LogP contribution is 2.45. The number of aliphatic hydroxyl groups excluding tert-OH is 1. The van der Waals surface area contributed by atoms with E-state index in [1.807, 2.05) is 0 Å². The minimum Gasteiger partial charge on any atom is -0.462 e. The van der Waals surface area contributed by atoms with Crippen LogP contribution in [0.15, 0.2) is 0 Å². The van der Waals surface area contributed by atoms with Gasteiger partial charge in [0.1, 0.15) is 19.3 Å². The molecule has 0 rings (SSSR count). The van der Waals surface area contributed by atoms with Crippen LogP contribution >= 0.6 is 15.6 Å². The molecule has 6 atom stereocenters. The van der Waals surface area contributed by atoms with Gasteiger partial charge in [0.15, 0.2) is 12.2 Å². The van der Waals surface area contributed by atoms with Crippen LogP contribution in [0.4, 0.5) is 0 Å². The van der Waals surface area contributed by atoms with Gasteiger partial charge in [-0.1, -0.05) is 280 Å². The van der Waals surface area contributed by atoms with Crippen molar-refractivity contribution in [1.82, 2.24) is 0 Å². The molecule has 0 fully saturated rings. The molecule has 0 bridgehead atoms. The summed E-state index contributed by atoms with van der Waals surface area (Å²) in [7, 11) is -9.90. The van der Waals surface area contributed by atoms with Crippen molar-refractivity contribution in [3.05, 3.63) is 0 Å². The molecular formula is C68H132O17P2. The summed E-state index contributed by atoms with van der Waals surface area (Å²) < 4.78 is 68.2. The van der Waals surface area contributed by atoms with Crippen molar-refractivity contribution in [3.63, 3.8) is 0 Å². The van der Waals surface area contributed by atoms with Crippen LogP contribution in [0, 0.1) is 23.7 Å². The van der Waals surface area contributed by atoms with E-state index in [9.17, 15) is 43.2 Å².